The molecule has 0 spiro atoms. The van der Waals surface area contributed by atoms with Crippen LogP contribution < -0.4 is 10.9 Å². The van der Waals surface area contributed by atoms with Gasteiger partial charge in [0.25, 0.3) is 5.56 Å². The molecule has 1 heterocycles. The predicted molar refractivity (Wildman–Crippen MR) is 52.5 cm³/mol. The van der Waals surface area contributed by atoms with Gasteiger partial charge in [-0.1, -0.05) is 0 Å². The van der Waals surface area contributed by atoms with Crippen LogP contribution in [0.4, 0.5) is 5.69 Å². The molecule has 0 aliphatic carbocycles. The molecule has 5 heteroatoms. The zero-order chi connectivity index (χ0) is 10.7. The number of amides is 1. The molecule has 0 fully saturated rings. The summed E-state index contributed by atoms with van der Waals surface area (Å²) >= 11 is 0. The molecule has 5 nitrogen and oxygen atoms in total. The van der Waals surface area contributed by atoms with Gasteiger partial charge in [-0.05, 0) is 19.4 Å². The number of pyridine rings is 1. The number of nitrogens with one attached hydrogen (secondary N) is 1. The van der Waals surface area contributed by atoms with Crippen LogP contribution in [0.1, 0.15) is 12.5 Å². The van der Waals surface area contributed by atoms with E-state index in [-0.39, 0.29) is 11.6 Å². The topological polar surface area (TPSA) is 71.3 Å². The van der Waals surface area contributed by atoms with Crippen molar-refractivity contribution in [2.24, 2.45) is 0 Å². The van der Waals surface area contributed by atoms with E-state index in [0.29, 0.717) is 18.5 Å². The predicted octanol–water partition coefficient (Wildman–Crippen LogP) is 0.451. The highest BCUT2D eigenvalue weighted by molar-refractivity contribution is 5.72. The zero-order valence-corrected chi connectivity index (χ0v) is 8.07. The van der Waals surface area contributed by atoms with E-state index in [4.69, 9.17) is 0 Å². The summed E-state index contributed by atoms with van der Waals surface area (Å²) in [6.45, 7) is 3.74. The molecule has 0 unspecified atom stereocenters. The van der Waals surface area contributed by atoms with Gasteiger partial charge in [-0.25, -0.2) is 0 Å². The highest BCUT2D eigenvalue weighted by Crippen LogP contribution is 2.15. The normalized spacial score (nSPS) is 9.86. The Labute approximate surface area is 81.0 Å². The number of hydrogen-bond donors (Lipinski definition) is 2. The number of hydrogen-bond acceptors (Lipinski definition) is 3. The van der Waals surface area contributed by atoms with Crippen molar-refractivity contribution in [3.05, 3.63) is 22.0 Å². The molecule has 0 aliphatic rings. The Morgan fingerprint density at radius 2 is 2.29 bits per heavy atom. The molecule has 76 valence electrons. The molecule has 0 bridgehead atoms. The van der Waals surface area contributed by atoms with Gasteiger partial charge >= 0.3 is 0 Å². The van der Waals surface area contributed by atoms with Gasteiger partial charge in [-0.3, -0.25) is 14.2 Å². The minimum atomic E-state index is -0.392. The van der Waals surface area contributed by atoms with Crippen LogP contribution in [0.2, 0.25) is 0 Å². The van der Waals surface area contributed by atoms with E-state index in [0.717, 1.165) is 0 Å². The molecule has 2 N–H and O–H groups in total. The third-order valence-electron chi connectivity index (χ3n) is 1.99. The zero-order valence-electron chi connectivity index (χ0n) is 8.07. The largest absolute Gasteiger partial charge is 0.494 e. The maximum Gasteiger partial charge on any atom is 0.277 e. The summed E-state index contributed by atoms with van der Waals surface area (Å²) in [6.07, 6.45) is 0.445. The quantitative estimate of drug-likeness (QED) is 0.689. The molecule has 1 aromatic heterocycles. The molecule has 0 aromatic carbocycles. The Kier molecular flexibility index (Phi) is 2.91. The van der Waals surface area contributed by atoms with Crippen molar-refractivity contribution in [1.82, 2.24) is 4.57 Å². The smallest absolute Gasteiger partial charge is 0.277 e. The lowest BCUT2D eigenvalue weighted by molar-refractivity contribution is -0.105. The van der Waals surface area contributed by atoms with E-state index in [2.05, 4.69) is 5.32 Å². The van der Waals surface area contributed by atoms with Crippen molar-refractivity contribution in [2.75, 3.05) is 5.32 Å². The molecular formula is C9H12N2O3. The van der Waals surface area contributed by atoms with Crippen LogP contribution in [-0.4, -0.2) is 16.1 Å². The average molecular weight is 196 g/mol. The number of aromatic hydroxyl groups is 1. The second kappa shape index (κ2) is 3.95. The van der Waals surface area contributed by atoms with Gasteiger partial charge in [0.1, 0.15) is 5.69 Å². The summed E-state index contributed by atoms with van der Waals surface area (Å²) in [6, 6.07) is 1.44. The van der Waals surface area contributed by atoms with E-state index < -0.39 is 5.56 Å². The molecule has 0 saturated carbocycles. The summed E-state index contributed by atoms with van der Waals surface area (Å²) in [5.74, 6) is -0.0913. The van der Waals surface area contributed by atoms with Crippen molar-refractivity contribution < 1.29 is 9.90 Å². The van der Waals surface area contributed by atoms with Crippen molar-refractivity contribution in [1.29, 1.82) is 0 Å². The molecule has 1 amide bonds. The fourth-order valence-electron chi connectivity index (χ4n) is 1.29. The number of rotatable bonds is 3. The number of aromatic nitrogens is 1. The lowest BCUT2D eigenvalue weighted by atomic mass is 10.2. The minimum absolute atomic E-state index is 0.0913. The Morgan fingerprint density at radius 3 is 2.79 bits per heavy atom. The van der Waals surface area contributed by atoms with Crippen molar-refractivity contribution in [2.45, 2.75) is 20.4 Å². The first kappa shape index (κ1) is 10.3. The average Bonchev–Trinajstić information content (AvgIpc) is 2.12. The summed E-state index contributed by atoms with van der Waals surface area (Å²) in [4.78, 5) is 21.9. The standard InChI is InChI=1S/C9H12N2O3/c1-3-11-7(13)4-6(2)8(9(11)14)10-5-12/h4-5,13H,3H2,1-2H3,(H,10,12). The lowest BCUT2D eigenvalue weighted by Crippen LogP contribution is -2.23. The molecule has 0 aliphatic heterocycles. The third-order valence-corrected chi connectivity index (χ3v) is 1.99. The van der Waals surface area contributed by atoms with Crippen molar-refractivity contribution >= 4 is 12.1 Å². The van der Waals surface area contributed by atoms with Crippen LogP contribution in [0.25, 0.3) is 0 Å². The molecule has 14 heavy (non-hydrogen) atoms. The van der Waals surface area contributed by atoms with E-state index >= 15 is 0 Å². The maximum atomic E-state index is 11.6. The SMILES string of the molecule is CCn1c(O)cc(C)c(NC=O)c1=O. The summed E-state index contributed by atoms with van der Waals surface area (Å²) in [5.41, 5.74) is 0.362. The van der Waals surface area contributed by atoms with Gasteiger partial charge in [-0.2, -0.15) is 0 Å². The van der Waals surface area contributed by atoms with Crippen LogP contribution in [0.3, 0.4) is 0 Å². The highest BCUT2D eigenvalue weighted by atomic mass is 16.3. The van der Waals surface area contributed by atoms with Gasteiger partial charge in [0, 0.05) is 12.6 Å². The first-order valence-corrected chi connectivity index (χ1v) is 4.25. The second-order valence-corrected chi connectivity index (χ2v) is 2.87. The Hall–Kier alpha value is -1.78. The summed E-state index contributed by atoms with van der Waals surface area (Å²) < 4.78 is 1.18. The molecular weight excluding hydrogens is 184 g/mol. The number of anilines is 1. The highest BCUT2D eigenvalue weighted by Gasteiger charge is 2.09. The fraction of sp³-hybridized carbons (Fsp3) is 0.333. The third kappa shape index (κ3) is 1.61. The van der Waals surface area contributed by atoms with Crippen LogP contribution in [-0.2, 0) is 11.3 Å². The maximum absolute atomic E-state index is 11.6. The van der Waals surface area contributed by atoms with Crippen molar-refractivity contribution in [3.8, 4) is 5.88 Å². The van der Waals surface area contributed by atoms with Gasteiger partial charge in [0.15, 0.2) is 5.88 Å². The van der Waals surface area contributed by atoms with Gasteiger partial charge < -0.3 is 10.4 Å². The number of aryl methyl sites for hydroxylation is 1. The molecule has 1 rings (SSSR count). The van der Waals surface area contributed by atoms with Gasteiger partial charge in [0.05, 0.1) is 0 Å². The Morgan fingerprint density at radius 1 is 1.64 bits per heavy atom. The van der Waals surface area contributed by atoms with Crippen LogP contribution in [0.5, 0.6) is 5.88 Å². The molecule has 0 radical (unpaired) electrons. The van der Waals surface area contributed by atoms with Gasteiger partial charge in [0.2, 0.25) is 6.41 Å². The second-order valence-electron chi connectivity index (χ2n) is 2.87. The number of carbonyl (C=O) groups excluding carboxylic acids is 1. The van der Waals surface area contributed by atoms with Gasteiger partial charge in [-0.15, -0.1) is 0 Å². The molecule has 0 saturated heterocycles. The van der Waals surface area contributed by atoms with Crippen LogP contribution >= 0.6 is 0 Å². The molecule has 0 atom stereocenters. The number of carbonyl (C=O) groups is 1. The molecule has 1 aromatic rings. The van der Waals surface area contributed by atoms with Crippen molar-refractivity contribution in [3.63, 3.8) is 0 Å². The summed E-state index contributed by atoms with van der Waals surface area (Å²) in [7, 11) is 0. The van der Waals surface area contributed by atoms with Crippen LogP contribution in [0.15, 0.2) is 10.9 Å². The fourth-order valence-corrected chi connectivity index (χ4v) is 1.29. The summed E-state index contributed by atoms with van der Waals surface area (Å²) in [5, 5.41) is 11.7. The minimum Gasteiger partial charge on any atom is -0.494 e. The number of nitrogens with zero attached hydrogens (tertiary/aromatic N) is 1. The van der Waals surface area contributed by atoms with E-state index in [1.807, 2.05) is 0 Å². The Balaban J connectivity index is 3.43. The Bertz CT molecular complexity index is 409. The van der Waals surface area contributed by atoms with E-state index in [1.165, 1.54) is 10.6 Å². The first-order chi connectivity index (χ1) is 6.61. The monoisotopic (exact) mass is 196 g/mol. The first-order valence-electron chi connectivity index (χ1n) is 4.25. The lowest BCUT2D eigenvalue weighted by Gasteiger charge is -2.09. The van der Waals surface area contributed by atoms with E-state index in [1.54, 1.807) is 13.8 Å². The van der Waals surface area contributed by atoms with E-state index in [9.17, 15) is 14.7 Å². The van der Waals surface area contributed by atoms with Crippen LogP contribution in [0, 0.1) is 6.92 Å².